The van der Waals surface area contributed by atoms with Crippen molar-refractivity contribution in [3.63, 3.8) is 0 Å². The third-order valence-corrected chi connectivity index (χ3v) is 4.14. The van der Waals surface area contributed by atoms with Crippen LogP contribution in [-0.4, -0.2) is 21.6 Å². The summed E-state index contributed by atoms with van der Waals surface area (Å²) >= 11 is 0. The predicted molar refractivity (Wildman–Crippen MR) is 82.6 cm³/mol. The van der Waals surface area contributed by atoms with Crippen molar-refractivity contribution in [1.29, 1.82) is 0 Å². The Bertz CT molecular complexity index is 783. The van der Waals surface area contributed by atoms with Crippen LogP contribution in [0.3, 0.4) is 0 Å². The molecule has 3 rings (SSSR count). The molecule has 1 aliphatic carbocycles. The third kappa shape index (κ3) is 2.86. The van der Waals surface area contributed by atoms with Gasteiger partial charge in [-0.2, -0.15) is 5.10 Å². The summed E-state index contributed by atoms with van der Waals surface area (Å²) in [5.74, 6) is -0.739. The molecular formula is C16H16F2N4O2. The van der Waals surface area contributed by atoms with Crippen molar-refractivity contribution in [2.24, 2.45) is 17.9 Å². The van der Waals surface area contributed by atoms with E-state index in [1.807, 2.05) is 30.3 Å². The number of hydrogen-bond acceptors (Lipinski definition) is 4. The minimum Gasteiger partial charge on any atom is -0.384 e. The van der Waals surface area contributed by atoms with Crippen LogP contribution >= 0.6 is 0 Å². The van der Waals surface area contributed by atoms with E-state index in [1.54, 1.807) is 0 Å². The molecule has 6 nitrogen and oxygen atoms in total. The smallest absolute Gasteiger partial charge is 0.384 e. The van der Waals surface area contributed by atoms with Gasteiger partial charge in [-0.3, -0.25) is 4.68 Å². The molecule has 1 saturated carbocycles. The van der Waals surface area contributed by atoms with E-state index >= 15 is 0 Å². The van der Waals surface area contributed by atoms with Gasteiger partial charge in [0.15, 0.2) is 11.5 Å². The van der Waals surface area contributed by atoms with Crippen molar-refractivity contribution in [3.05, 3.63) is 53.3 Å². The standard InChI is InChI=1S/C16H16F2N4O2/c1-22-12(13(17)18)9-11(20-22)14(23)24-21-15(19)16(7-8-16)10-5-3-2-4-6-10/h2-6,9,13H,7-8H2,1H3,(H2,19,21). The molecule has 0 bridgehead atoms. The summed E-state index contributed by atoms with van der Waals surface area (Å²) in [7, 11) is 1.32. The van der Waals surface area contributed by atoms with Gasteiger partial charge in [0.2, 0.25) is 0 Å². The summed E-state index contributed by atoms with van der Waals surface area (Å²) in [5.41, 5.74) is 5.95. The number of aryl methyl sites for hydroxylation is 1. The minimum absolute atomic E-state index is 0.187. The number of nitrogens with two attached hydrogens (primary N) is 1. The van der Waals surface area contributed by atoms with Crippen LogP contribution in [0.25, 0.3) is 0 Å². The molecule has 0 amide bonds. The monoisotopic (exact) mass is 334 g/mol. The van der Waals surface area contributed by atoms with E-state index in [-0.39, 0.29) is 17.2 Å². The van der Waals surface area contributed by atoms with Gasteiger partial charge in [0.1, 0.15) is 5.69 Å². The number of halogens is 2. The van der Waals surface area contributed by atoms with Gasteiger partial charge in [-0.05, 0) is 18.4 Å². The number of oxime groups is 1. The van der Waals surface area contributed by atoms with Crippen molar-refractivity contribution >= 4 is 11.8 Å². The van der Waals surface area contributed by atoms with Crippen molar-refractivity contribution in [3.8, 4) is 0 Å². The molecule has 1 aromatic heterocycles. The molecule has 8 heteroatoms. The third-order valence-electron chi connectivity index (χ3n) is 4.14. The summed E-state index contributed by atoms with van der Waals surface area (Å²) in [6.45, 7) is 0. The van der Waals surface area contributed by atoms with Gasteiger partial charge in [0, 0.05) is 13.1 Å². The molecule has 0 atom stereocenters. The first-order chi connectivity index (χ1) is 11.4. The number of alkyl halides is 2. The zero-order valence-corrected chi connectivity index (χ0v) is 12.9. The normalized spacial score (nSPS) is 16.2. The Morgan fingerprint density at radius 2 is 2.04 bits per heavy atom. The fraction of sp³-hybridized carbons (Fsp3) is 0.312. The van der Waals surface area contributed by atoms with E-state index in [0.29, 0.717) is 0 Å². The van der Waals surface area contributed by atoms with Crippen LogP contribution in [0, 0.1) is 0 Å². The van der Waals surface area contributed by atoms with Gasteiger partial charge in [0.25, 0.3) is 6.43 Å². The second-order valence-electron chi connectivity index (χ2n) is 5.68. The number of hydrogen-bond donors (Lipinski definition) is 1. The first kappa shape index (κ1) is 16.1. The zero-order valence-electron chi connectivity index (χ0n) is 12.9. The van der Waals surface area contributed by atoms with Gasteiger partial charge in [-0.25, -0.2) is 13.6 Å². The van der Waals surface area contributed by atoms with Crippen LogP contribution in [0.1, 0.15) is 41.0 Å². The van der Waals surface area contributed by atoms with Gasteiger partial charge >= 0.3 is 5.97 Å². The van der Waals surface area contributed by atoms with E-state index in [0.717, 1.165) is 29.2 Å². The van der Waals surface area contributed by atoms with E-state index < -0.39 is 17.8 Å². The van der Waals surface area contributed by atoms with Crippen LogP contribution in [-0.2, 0) is 17.3 Å². The first-order valence-electron chi connectivity index (χ1n) is 7.37. The lowest BCUT2D eigenvalue weighted by Gasteiger charge is -2.13. The van der Waals surface area contributed by atoms with E-state index in [9.17, 15) is 13.6 Å². The van der Waals surface area contributed by atoms with Crippen LogP contribution < -0.4 is 5.73 Å². The highest BCUT2D eigenvalue weighted by molar-refractivity contribution is 5.95. The van der Waals surface area contributed by atoms with Gasteiger partial charge in [-0.1, -0.05) is 35.5 Å². The highest BCUT2D eigenvalue weighted by Gasteiger charge is 2.48. The maximum absolute atomic E-state index is 12.7. The first-order valence-corrected chi connectivity index (χ1v) is 7.37. The van der Waals surface area contributed by atoms with Crippen molar-refractivity contribution in [1.82, 2.24) is 9.78 Å². The van der Waals surface area contributed by atoms with Gasteiger partial charge < -0.3 is 10.6 Å². The van der Waals surface area contributed by atoms with Crippen LogP contribution in [0.5, 0.6) is 0 Å². The molecule has 2 N–H and O–H groups in total. The number of nitrogens with zero attached hydrogens (tertiary/aromatic N) is 3. The van der Waals surface area contributed by atoms with Crippen molar-refractivity contribution in [2.75, 3.05) is 0 Å². The molecule has 0 radical (unpaired) electrons. The topological polar surface area (TPSA) is 82.5 Å². The summed E-state index contributed by atoms with van der Waals surface area (Å²) in [4.78, 5) is 16.7. The summed E-state index contributed by atoms with van der Waals surface area (Å²) in [6.07, 6.45) is -1.11. The lowest BCUT2D eigenvalue weighted by Crippen LogP contribution is -2.29. The molecule has 0 spiro atoms. The van der Waals surface area contributed by atoms with Crippen LogP contribution in [0.2, 0.25) is 0 Å². The molecule has 126 valence electrons. The number of rotatable bonds is 5. The number of carbonyl (C=O) groups excluding carboxylic acids is 1. The number of benzene rings is 1. The summed E-state index contributed by atoms with van der Waals surface area (Å²) in [5, 5.41) is 7.40. The van der Waals surface area contributed by atoms with E-state index in [2.05, 4.69) is 10.3 Å². The SMILES string of the molecule is Cn1nc(C(=O)ON=C(N)C2(c3ccccc3)CC2)cc1C(F)F. The molecule has 0 aliphatic heterocycles. The molecule has 2 aromatic rings. The fourth-order valence-corrected chi connectivity index (χ4v) is 2.59. The fourth-order valence-electron chi connectivity index (χ4n) is 2.59. The summed E-state index contributed by atoms with van der Waals surface area (Å²) < 4.78 is 26.4. The Balaban J connectivity index is 1.74. The Morgan fingerprint density at radius 3 is 2.58 bits per heavy atom. The van der Waals surface area contributed by atoms with Crippen LogP contribution in [0.4, 0.5) is 8.78 Å². The minimum atomic E-state index is -2.73. The lowest BCUT2D eigenvalue weighted by molar-refractivity contribution is 0.0506. The van der Waals surface area contributed by atoms with Crippen LogP contribution in [0.15, 0.2) is 41.6 Å². The molecule has 1 heterocycles. The maximum atomic E-state index is 12.7. The quantitative estimate of drug-likeness (QED) is 0.394. The second kappa shape index (κ2) is 6.03. The molecule has 0 saturated heterocycles. The van der Waals surface area contributed by atoms with Crippen molar-refractivity contribution < 1.29 is 18.4 Å². The number of carbonyl (C=O) groups is 1. The average Bonchev–Trinajstić information content (AvgIpc) is 3.29. The van der Waals surface area contributed by atoms with Gasteiger partial charge in [0.05, 0.1) is 5.41 Å². The summed E-state index contributed by atoms with van der Waals surface area (Å²) in [6, 6.07) is 10.5. The number of amidine groups is 1. The van der Waals surface area contributed by atoms with Gasteiger partial charge in [-0.15, -0.1) is 0 Å². The highest BCUT2D eigenvalue weighted by Crippen LogP contribution is 2.48. The Labute approximate surface area is 136 Å². The van der Waals surface area contributed by atoms with Crippen molar-refractivity contribution in [2.45, 2.75) is 24.7 Å². The molecule has 1 aromatic carbocycles. The number of aromatic nitrogens is 2. The molecule has 1 fully saturated rings. The second-order valence-corrected chi connectivity index (χ2v) is 5.68. The molecule has 0 unspecified atom stereocenters. The highest BCUT2D eigenvalue weighted by atomic mass is 19.3. The molecular weight excluding hydrogens is 318 g/mol. The average molecular weight is 334 g/mol. The molecule has 1 aliphatic rings. The van der Waals surface area contributed by atoms with E-state index in [1.165, 1.54) is 7.05 Å². The maximum Gasteiger partial charge on any atom is 0.385 e. The molecule has 24 heavy (non-hydrogen) atoms. The predicted octanol–water partition coefficient (Wildman–Crippen LogP) is 2.52. The largest absolute Gasteiger partial charge is 0.385 e. The van der Waals surface area contributed by atoms with E-state index in [4.69, 9.17) is 10.6 Å². The Kier molecular flexibility index (Phi) is 4.04. The Morgan fingerprint density at radius 1 is 1.38 bits per heavy atom. The Hall–Kier alpha value is -2.77. The lowest BCUT2D eigenvalue weighted by atomic mass is 9.95. The zero-order chi connectivity index (χ0) is 17.3.